The van der Waals surface area contributed by atoms with Crippen molar-refractivity contribution in [3.63, 3.8) is 0 Å². The lowest BCUT2D eigenvalue weighted by Gasteiger charge is -2.15. The van der Waals surface area contributed by atoms with Crippen molar-refractivity contribution in [1.29, 1.82) is 0 Å². The van der Waals surface area contributed by atoms with Gasteiger partial charge in [-0.3, -0.25) is 0 Å². The molecule has 0 heterocycles. The second-order valence-electron chi connectivity index (χ2n) is 3.80. The van der Waals surface area contributed by atoms with Gasteiger partial charge in [0.1, 0.15) is 5.82 Å². The van der Waals surface area contributed by atoms with Crippen LogP contribution in [0.25, 0.3) is 0 Å². The maximum atomic E-state index is 14.1. The van der Waals surface area contributed by atoms with Gasteiger partial charge in [-0.05, 0) is 62.3 Å². The lowest BCUT2D eigenvalue weighted by atomic mass is 9.99. The van der Waals surface area contributed by atoms with Crippen LogP contribution in [-0.4, -0.2) is 0 Å². The minimum Gasteiger partial charge on any atom is -0.320 e. The zero-order valence-corrected chi connectivity index (χ0v) is 13.6. The van der Waals surface area contributed by atoms with Crippen LogP contribution in [0.1, 0.15) is 17.2 Å². The van der Waals surface area contributed by atoms with Crippen LogP contribution in [0.2, 0.25) is 5.02 Å². The molecule has 0 fully saturated rings. The maximum absolute atomic E-state index is 14.1. The summed E-state index contributed by atoms with van der Waals surface area (Å²) in [5.41, 5.74) is 7.34. The molecule has 94 valence electrons. The van der Waals surface area contributed by atoms with E-state index in [1.165, 1.54) is 0 Å². The molecule has 0 aliphatic rings. The Balaban J connectivity index is 2.46. The van der Waals surface area contributed by atoms with Crippen molar-refractivity contribution in [2.75, 3.05) is 0 Å². The molecule has 0 spiro atoms. The van der Waals surface area contributed by atoms with Gasteiger partial charge in [0.25, 0.3) is 0 Å². The van der Waals surface area contributed by atoms with Gasteiger partial charge in [0.2, 0.25) is 0 Å². The van der Waals surface area contributed by atoms with E-state index >= 15 is 0 Å². The quantitative estimate of drug-likeness (QED) is 0.522. The van der Waals surface area contributed by atoms with Crippen molar-refractivity contribution in [3.8, 4) is 0 Å². The molecule has 1 unspecified atom stereocenters. The molecule has 2 N–H and O–H groups in total. The van der Waals surface area contributed by atoms with Crippen LogP contribution in [0.4, 0.5) is 4.39 Å². The van der Waals surface area contributed by atoms with Gasteiger partial charge in [-0.1, -0.05) is 29.8 Å². The van der Waals surface area contributed by atoms with Crippen molar-refractivity contribution in [2.45, 2.75) is 6.04 Å². The molecular weight excluding hydrogens is 431 g/mol. The molecule has 2 aromatic rings. The molecular formula is C13H9BrClFIN. The molecule has 0 bridgehead atoms. The molecule has 5 heteroatoms. The van der Waals surface area contributed by atoms with E-state index in [1.54, 1.807) is 12.1 Å². The molecule has 1 nitrogen and oxygen atoms in total. The normalized spacial score (nSPS) is 12.5. The van der Waals surface area contributed by atoms with Crippen molar-refractivity contribution in [3.05, 3.63) is 66.4 Å². The Kier molecular flexibility index (Phi) is 4.64. The van der Waals surface area contributed by atoms with Gasteiger partial charge in [-0.25, -0.2) is 4.39 Å². The van der Waals surface area contributed by atoms with Crippen LogP contribution in [0.5, 0.6) is 0 Å². The Labute approximate surface area is 132 Å². The first-order valence-electron chi connectivity index (χ1n) is 5.15. The summed E-state index contributed by atoms with van der Waals surface area (Å²) < 4.78 is 15.6. The first-order chi connectivity index (χ1) is 8.50. The molecule has 0 aromatic heterocycles. The number of nitrogens with two attached hydrogens (primary N) is 1. The Morgan fingerprint density at radius 1 is 1.28 bits per heavy atom. The lowest BCUT2D eigenvalue weighted by Crippen LogP contribution is -2.14. The predicted octanol–water partition coefficient (Wildman–Crippen LogP) is 4.89. The molecule has 0 radical (unpaired) electrons. The SMILES string of the molecule is NC(c1cccc(I)c1)c1ccc(Br)c(Cl)c1F. The summed E-state index contributed by atoms with van der Waals surface area (Å²) in [7, 11) is 0. The Bertz CT molecular complexity index is 591. The highest BCUT2D eigenvalue weighted by Crippen LogP contribution is 2.32. The third-order valence-electron chi connectivity index (χ3n) is 2.61. The largest absolute Gasteiger partial charge is 0.320 e. The molecule has 2 rings (SSSR count). The summed E-state index contributed by atoms with van der Waals surface area (Å²) in [5.74, 6) is -0.475. The first-order valence-corrected chi connectivity index (χ1v) is 7.40. The van der Waals surface area contributed by atoms with E-state index in [4.69, 9.17) is 17.3 Å². The van der Waals surface area contributed by atoms with E-state index in [2.05, 4.69) is 38.5 Å². The van der Waals surface area contributed by atoms with Crippen LogP contribution in [0.3, 0.4) is 0 Å². The predicted molar refractivity (Wildman–Crippen MR) is 84.3 cm³/mol. The average molecular weight is 440 g/mol. The van der Waals surface area contributed by atoms with E-state index in [-0.39, 0.29) is 5.02 Å². The number of hydrogen-bond acceptors (Lipinski definition) is 1. The molecule has 0 saturated carbocycles. The summed E-state index contributed by atoms with van der Waals surface area (Å²) >= 11 is 11.2. The van der Waals surface area contributed by atoms with E-state index in [0.29, 0.717) is 10.0 Å². The van der Waals surface area contributed by atoms with Gasteiger partial charge in [0.15, 0.2) is 0 Å². The smallest absolute Gasteiger partial charge is 0.148 e. The fourth-order valence-corrected chi connectivity index (χ4v) is 2.71. The minimum atomic E-state index is -0.523. The number of benzene rings is 2. The monoisotopic (exact) mass is 439 g/mol. The lowest BCUT2D eigenvalue weighted by molar-refractivity contribution is 0.599. The van der Waals surface area contributed by atoms with Gasteiger partial charge < -0.3 is 5.73 Å². The van der Waals surface area contributed by atoms with Crippen LogP contribution < -0.4 is 5.73 Å². The molecule has 1 atom stereocenters. The third kappa shape index (κ3) is 2.87. The molecule has 18 heavy (non-hydrogen) atoms. The summed E-state index contributed by atoms with van der Waals surface area (Å²) in [5, 5.41) is 0.0635. The van der Waals surface area contributed by atoms with Gasteiger partial charge in [0.05, 0.1) is 11.1 Å². The minimum absolute atomic E-state index is 0.0635. The van der Waals surface area contributed by atoms with Crippen LogP contribution in [-0.2, 0) is 0 Å². The summed E-state index contributed by atoms with van der Waals surface area (Å²) in [4.78, 5) is 0. The second-order valence-corrected chi connectivity index (χ2v) is 6.28. The second kappa shape index (κ2) is 5.86. The van der Waals surface area contributed by atoms with Crippen LogP contribution in [0, 0.1) is 9.39 Å². The number of rotatable bonds is 2. The Morgan fingerprint density at radius 2 is 2.00 bits per heavy atom. The Morgan fingerprint density at radius 3 is 2.67 bits per heavy atom. The van der Waals surface area contributed by atoms with E-state index in [9.17, 15) is 4.39 Å². The van der Waals surface area contributed by atoms with Crippen molar-refractivity contribution in [2.24, 2.45) is 5.73 Å². The van der Waals surface area contributed by atoms with Gasteiger partial charge in [-0.2, -0.15) is 0 Å². The van der Waals surface area contributed by atoms with Crippen LogP contribution in [0.15, 0.2) is 40.9 Å². The summed E-state index contributed by atoms with van der Waals surface area (Å²) in [6.45, 7) is 0. The van der Waals surface area contributed by atoms with E-state index < -0.39 is 11.9 Å². The zero-order chi connectivity index (χ0) is 13.3. The maximum Gasteiger partial charge on any atom is 0.148 e. The third-order valence-corrected chi connectivity index (χ3v) is 4.54. The number of hydrogen-bond donors (Lipinski definition) is 1. The van der Waals surface area contributed by atoms with Gasteiger partial charge in [0, 0.05) is 13.6 Å². The van der Waals surface area contributed by atoms with Crippen LogP contribution >= 0.6 is 50.1 Å². The van der Waals surface area contributed by atoms with E-state index in [0.717, 1.165) is 9.13 Å². The molecule has 0 aliphatic heterocycles. The molecule has 0 saturated heterocycles. The van der Waals surface area contributed by atoms with Crippen molar-refractivity contribution < 1.29 is 4.39 Å². The summed E-state index contributed by atoms with van der Waals surface area (Å²) in [6.07, 6.45) is 0. The Hall–Kier alpha value is -0.170. The fourth-order valence-electron chi connectivity index (χ4n) is 1.66. The van der Waals surface area contributed by atoms with E-state index in [1.807, 2.05) is 24.3 Å². The highest BCUT2D eigenvalue weighted by Gasteiger charge is 2.17. The highest BCUT2D eigenvalue weighted by atomic mass is 127. The zero-order valence-electron chi connectivity index (χ0n) is 9.13. The van der Waals surface area contributed by atoms with Crippen molar-refractivity contribution in [1.82, 2.24) is 0 Å². The number of halogens is 4. The standard InChI is InChI=1S/C13H9BrClFIN/c14-10-5-4-9(12(16)11(10)15)13(18)7-2-1-3-8(17)6-7/h1-6,13H,18H2. The fraction of sp³-hybridized carbons (Fsp3) is 0.0769. The average Bonchev–Trinajstić information content (AvgIpc) is 2.35. The molecule has 2 aromatic carbocycles. The highest BCUT2D eigenvalue weighted by molar-refractivity contribution is 14.1. The molecule has 0 amide bonds. The molecule has 0 aliphatic carbocycles. The topological polar surface area (TPSA) is 26.0 Å². The van der Waals surface area contributed by atoms with Crippen molar-refractivity contribution >= 4 is 50.1 Å². The first kappa shape index (κ1) is 14.2. The summed E-state index contributed by atoms with van der Waals surface area (Å²) in [6, 6.07) is 10.5. The van der Waals surface area contributed by atoms with Gasteiger partial charge >= 0.3 is 0 Å². The van der Waals surface area contributed by atoms with Gasteiger partial charge in [-0.15, -0.1) is 0 Å².